The third-order valence-corrected chi connectivity index (χ3v) is 5.69. The number of hydrogen-bond acceptors (Lipinski definition) is 7. The van der Waals surface area contributed by atoms with Gasteiger partial charge in [-0.15, -0.1) is 0 Å². The molecule has 4 rings (SSSR count). The Labute approximate surface area is 189 Å². The standard InChI is InChI=1S/C23H23N5O3S/c1-14-9-10-24-18(11-14)28-21(30)15-7-5-6-8-16(15)25-22(28)32-13-19(29)26-20-12-17(27-31-20)23(2,3)4/h5-12H,13H2,1-4H3,(H,26,29). The highest BCUT2D eigenvalue weighted by molar-refractivity contribution is 7.99. The van der Waals surface area contributed by atoms with E-state index in [1.807, 2.05) is 45.9 Å². The molecule has 0 unspecified atom stereocenters. The van der Waals surface area contributed by atoms with Crippen LogP contribution in [0.5, 0.6) is 0 Å². The molecule has 9 heteroatoms. The smallest absolute Gasteiger partial charge is 0.267 e. The minimum absolute atomic E-state index is 0.0299. The second-order valence-corrected chi connectivity index (χ2v) is 9.35. The molecule has 164 valence electrons. The maximum absolute atomic E-state index is 13.2. The zero-order valence-electron chi connectivity index (χ0n) is 18.2. The Kier molecular flexibility index (Phi) is 5.84. The van der Waals surface area contributed by atoms with E-state index in [2.05, 4.69) is 20.4 Å². The minimum Gasteiger partial charge on any atom is -0.338 e. The maximum atomic E-state index is 13.2. The Balaban J connectivity index is 1.62. The van der Waals surface area contributed by atoms with Crippen molar-refractivity contribution in [3.8, 4) is 5.82 Å². The van der Waals surface area contributed by atoms with Gasteiger partial charge in [0, 0.05) is 17.7 Å². The van der Waals surface area contributed by atoms with E-state index in [1.165, 1.54) is 4.57 Å². The number of pyridine rings is 1. The summed E-state index contributed by atoms with van der Waals surface area (Å²) in [5.41, 5.74) is 1.85. The molecule has 0 aliphatic rings. The number of nitrogens with one attached hydrogen (secondary N) is 1. The van der Waals surface area contributed by atoms with Crippen molar-refractivity contribution in [1.29, 1.82) is 0 Å². The van der Waals surface area contributed by atoms with Crippen molar-refractivity contribution in [2.24, 2.45) is 0 Å². The number of carbonyl (C=O) groups excluding carboxylic acids is 1. The Bertz CT molecular complexity index is 1350. The van der Waals surface area contributed by atoms with Crippen LogP contribution in [-0.4, -0.2) is 31.4 Å². The lowest BCUT2D eigenvalue weighted by Crippen LogP contribution is -2.23. The zero-order chi connectivity index (χ0) is 22.9. The summed E-state index contributed by atoms with van der Waals surface area (Å²) >= 11 is 1.15. The van der Waals surface area contributed by atoms with E-state index in [9.17, 15) is 9.59 Å². The van der Waals surface area contributed by atoms with Gasteiger partial charge >= 0.3 is 0 Å². The first-order valence-electron chi connectivity index (χ1n) is 10.1. The first kappa shape index (κ1) is 21.8. The summed E-state index contributed by atoms with van der Waals surface area (Å²) in [7, 11) is 0. The Morgan fingerprint density at radius 2 is 1.97 bits per heavy atom. The van der Waals surface area contributed by atoms with Gasteiger partial charge in [0.25, 0.3) is 5.56 Å². The molecule has 1 N–H and O–H groups in total. The number of aromatic nitrogens is 4. The van der Waals surface area contributed by atoms with Gasteiger partial charge in [-0.25, -0.2) is 14.5 Å². The number of hydrogen-bond donors (Lipinski definition) is 1. The van der Waals surface area contributed by atoms with Gasteiger partial charge in [-0.1, -0.05) is 49.8 Å². The minimum atomic E-state index is -0.294. The monoisotopic (exact) mass is 449 g/mol. The molecule has 0 atom stereocenters. The summed E-state index contributed by atoms with van der Waals surface area (Å²) in [6, 6.07) is 12.5. The first-order chi connectivity index (χ1) is 15.2. The summed E-state index contributed by atoms with van der Waals surface area (Å²) in [6.45, 7) is 7.96. The van der Waals surface area contributed by atoms with E-state index in [-0.39, 0.29) is 28.5 Å². The lowest BCUT2D eigenvalue weighted by molar-refractivity contribution is -0.113. The molecule has 1 amide bonds. The largest absolute Gasteiger partial charge is 0.338 e. The van der Waals surface area contributed by atoms with Crippen molar-refractivity contribution in [3.63, 3.8) is 0 Å². The third kappa shape index (κ3) is 4.57. The van der Waals surface area contributed by atoms with Crippen LogP contribution in [0.3, 0.4) is 0 Å². The van der Waals surface area contributed by atoms with Crippen molar-refractivity contribution >= 4 is 34.5 Å². The molecular formula is C23H23N5O3S. The number of fused-ring (bicyclic) bond motifs is 1. The quantitative estimate of drug-likeness (QED) is 0.361. The van der Waals surface area contributed by atoms with E-state index in [0.29, 0.717) is 21.9 Å². The fourth-order valence-corrected chi connectivity index (χ4v) is 3.85. The van der Waals surface area contributed by atoms with Crippen LogP contribution in [0.4, 0.5) is 5.88 Å². The molecule has 0 aliphatic carbocycles. The van der Waals surface area contributed by atoms with Crippen LogP contribution in [0.25, 0.3) is 16.7 Å². The third-order valence-electron chi connectivity index (χ3n) is 4.75. The van der Waals surface area contributed by atoms with Crippen LogP contribution in [0.15, 0.2) is 63.1 Å². The van der Waals surface area contributed by atoms with Crippen LogP contribution in [-0.2, 0) is 10.2 Å². The predicted octanol–water partition coefficient (Wildman–Crippen LogP) is 4.11. The maximum Gasteiger partial charge on any atom is 0.267 e. The molecule has 4 aromatic rings. The van der Waals surface area contributed by atoms with Crippen molar-refractivity contribution < 1.29 is 9.32 Å². The fraction of sp³-hybridized carbons (Fsp3) is 0.261. The summed E-state index contributed by atoms with van der Waals surface area (Å²) < 4.78 is 6.67. The van der Waals surface area contributed by atoms with Gasteiger partial charge in [-0.2, -0.15) is 0 Å². The molecular weight excluding hydrogens is 426 g/mol. The molecule has 3 aromatic heterocycles. The lowest BCUT2D eigenvalue weighted by Gasteiger charge is -2.13. The molecule has 3 heterocycles. The van der Waals surface area contributed by atoms with E-state index in [1.54, 1.807) is 30.5 Å². The molecule has 32 heavy (non-hydrogen) atoms. The summed E-state index contributed by atoms with van der Waals surface area (Å²) in [5.74, 6) is 0.478. The van der Waals surface area contributed by atoms with Crippen LogP contribution in [0.2, 0.25) is 0 Å². The van der Waals surface area contributed by atoms with Crippen molar-refractivity contribution in [2.75, 3.05) is 11.1 Å². The van der Waals surface area contributed by atoms with E-state index < -0.39 is 0 Å². The molecule has 0 radical (unpaired) electrons. The number of nitrogens with zero attached hydrogens (tertiary/aromatic N) is 4. The number of aryl methyl sites for hydroxylation is 1. The molecule has 0 fully saturated rings. The van der Waals surface area contributed by atoms with Gasteiger partial charge in [-0.3, -0.25) is 14.9 Å². The van der Waals surface area contributed by atoms with Gasteiger partial charge in [0.2, 0.25) is 11.8 Å². The second-order valence-electron chi connectivity index (χ2n) is 8.41. The lowest BCUT2D eigenvalue weighted by atomic mass is 9.92. The van der Waals surface area contributed by atoms with Crippen molar-refractivity contribution in [1.82, 2.24) is 19.7 Å². The molecule has 0 saturated carbocycles. The zero-order valence-corrected chi connectivity index (χ0v) is 19.1. The normalized spacial score (nSPS) is 11.6. The van der Waals surface area contributed by atoms with E-state index >= 15 is 0 Å². The molecule has 1 aromatic carbocycles. The molecule has 8 nitrogen and oxygen atoms in total. The van der Waals surface area contributed by atoms with Crippen LogP contribution >= 0.6 is 11.8 Å². The average molecular weight is 450 g/mol. The topological polar surface area (TPSA) is 103 Å². The van der Waals surface area contributed by atoms with Crippen LogP contribution in [0.1, 0.15) is 32.0 Å². The SMILES string of the molecule is Cc1ccnc(-n2c(SCC(=O)Nc3cc(C(C)(C)C)no3)nc3ccccc3c2=O)c1. The molecule has 0 saturated heterocycles. The second kappa shape index (κ2) is 8.58. The Morgan fingerprint density at radius 3 is 2.69 bits per heavy atom. The number of benzene rings is 1. The highest BCUT2D eigenvalue weighted by Gasteiger charge is 2.20. The van der Waals surface area contributed by atoms with Crippen LogP contribution in [0, 0.1) is 6.92 Å². The highest BCUT2D eigenvalue weighted by Crippen LogP contribution is 2.24. The number of anilines is 1. The predicted molar refractivity (Wildman–Crippen MR) is 124 cm³/mol. The Morgan fingerprint density at radius 1 is 1.19 bits per heavy atom. The first-order valence-corrected chi connectivity index (χ1v) is 11.1. The fourth-order valence-electron chi connectivity index (χ4n) is 3.04. The number of thioether (sulfide) groups is 1. The van der Waals surface area contributed by atoms with E-state index in [0.717, 1.165) is 23.0 Å². The summed E-state index contributed by atoms with van der Waals surface area (Å²) in [6.07, 6.45) is 1.64. The molecule has 0 spiro atoms. The molecule has 0 bridgehead atoms. The van der Waals surface area contributed by atoms with Gasteiger partial charge in [0.1, 0.15) is 5.82 Å². The van der Waals surface area contributed by atoms with Gasteiger partial charge in [-0.05, 0) is 36.8 Å². The Hall–Kier alpha value is -3.46. The summed E-state index contributed by atoms with van der Waals surface area (Å²) in [5, 5.41) is 7.58. The molecule has 0 aliphatic heterocycles. The average Bonchev–Trinajstić information content (AvgIpc) is 3.21. The number of para-hydroxylation sites is 1. The van der Waals surface area contributed by atoms with Gasteiger partial charge in [0.15, 0.2) is 5.16 Å². The van der Waals surface area contributed by atoms with Crippen LogP contribution < -0.4 is 10.9 Å². The number of carbonyl (C=O) groups is 1. The van der Waals surface area contributed by atoms with E-state index in [4.69, 9.17) is 4.52 Å². The van der Waals surface area contributed by atoms with Gasteiger partial charge in [0.05, 0.1) is 22.3 Å². The van der Waals surface area contributed by atoms with Crippen molar-refractivity contribution in [2.45, 2.75) is 38.3 Å². The van der Waals surface area contributed by atoms with Crippen molar-refractivity contribution in [3.05, 3.63) is 70.3 Å². The number of rotatable bonds is 5. The number of amides is 1. The van der Waals surface area contributed by atoms with Gasteiger partial charge < -0.3 is 4.52 Å². The summed E-state index contributed by atoms with van der Waals surface area (Å²) in [4.78, 5) is 34.8. The highest BCUT2D eigenvalue weighted by atomic mass is 32.2.